The number of carbonyl (C=O) groups is 4. The number of carbonyl (C=O) groups excluding carboxylic acids is 2. The van der Waals surface area contributed by atoms with E-state index in [4.69, 9.17) is 30.0 Å². The maximum Gasteiger partial charge on any atom is 0.343 e. The molecule has 0 bridgehead atoms. The van der Waals surface area contributed by atoms with E-state index in [1.54, 1.807) is 25.1 Å². The number of cyclic esters (lactones) is 1. The van der Waals surface area contributed by atoms with Crippen LogP contribution in [0.2, 0.25) is 0 Å². The summed E-state index contributed by atoms with van der Waals surface area (Å²) in [5, 5.41) is 33.0. The number of carboxylic acid groups (broad SMARTS) is 2. The number of esters is 1. The van der Waals surface area contributed by atoms with Gasteiger partial charge in [-0.05, 0) is 30.5 Å². The van der Waals surface area contributed by atoms with E-state index < -0.39 is 47.1 Å². The smallest absolute Gasteiger partial charge is 0.343 e. The van der Waals surface area contributed by atoms with Crippen LogP contribution in [0, 0.1) is 0 Å². The van der Waals surface area contributed by atoms with Crippen LogP contribution in [-0.4, -0.2) is 73.3 Å². The molecule has 46 heavy (non-hydrogen) atoms. The molecular weight excluding hydrogens is 624 g/mol. The number of aromatic nitrogens is 2. The molecule has 2 unspecified atom stereocenters. The van der Waals surface area contributed by atoms with Gasteiger partial charge in [0.15, 0.2) is 17.1 Å². The molecule has 0 fully saturated rings. The number of nitrogens with zero attached hydrogens (tertiary/aromatic N) is 2. The van der Waals surface area contributed by atoms with Crippen LogP contribution in [0.1, 0.15) is 48.4 Å². The van der Waals surface area contributed by atoms with Crippen LogP contribution >= 0.6 is 11.8 Å². The molecule has 3 aliphatic rings. The number of benzene rings is 1. The average Bonchev–Trinajstić information content (AvgIpc) is 3.64. The van der Waals surface area contributed by atoms with Crippen molar-refractivity contribution in [2.45, 2.75) is 62.8 Å². The van der Waals surface area contributed by atoms with Crippen LogP contribution in [0.25, 0.3) is 22.3 Å². The highest BCUT2D eigenvalue weighted by molar-refractivity contribution is 7.98. The summed E-state index contributed by atoms with van der Waals surface area (Å²) in [6.07, 6.45) is -0.400. The summed E-state index contributed by atoms with van der Waals surface area (Å²) in [7, 11) is 0. The third-order valence-electron chi connectivity index (χ3n) is 8.46. The zero-order valence-corrected chi connectivity index (χ0v) is 25.3. The fourth-order valence-corrected chi connectivity index (χ4v) is 6.96. The largest absolute Gasteiger partial charge is 0.480 e. The maximum atomic E-state index is 13.7. The summed E-state index contributed by atoms with van der Waals surface area (Å²) in [5.41, 5.74) is 6.29. The number of nitrogens with two attached hydrogens (primary N) is 1. The van der Waals surface area contributed by atoms with Crippen molar-refractivity contribution in [2.24, 2.45) is 5.73 Å². The lowest BCUT2D eigenvalue weighted by Gasteiger charge is -2.31. The van der Waals surface area contributed by atoms with Crippen molar-refractivity contribution < 1.29 is 48.7 Å². The van der Waals surface area contributed by atoms with Crippen LogP contribution in [-0.2, 0) is 48.4 Å². The number of hydrogen-bond acceptors (Lipinski definition) is 12. The second-order valence-corrected chi connectivity index (χ2v) is 12.2. The van der Waals surface area contributed by atoms with E-state index in [0.29, 0.717) is 39.4 Å². The first kappa shape index (κ1) is 31.3. The molecule has 0 saturated carbocycles. The van der Waals surface area contributed by atoms with Gasteiger partial charge in [-0.2, -0.15) is 11.8 Å². The topological polar surface area (TPSA) is 230 Å². The Morgan fingerprint density at radius 1 is 1.11 bits per heavy atom. The highest BCUT2D eigenvalue weighted by Crippen LogP contribution is 2.44. The molecule has 16 heteroatoms. The first-order valence-electron chi connectivity index (χ1n) is 14.4. The quantitative estimate of drug-likeness (QED) is 0.141. The monoisotopic (exact) mass is 654 g/mol. The van der Waals surface area contributed by atoms with Gasteiger partial charge in [0.2, 0.25) is 12.7 Å². The second-order valence-electron chi connectivity index (χ2n) is 11.2. The molecule has 0 radical (unpaired) electrons. The van der Waals surface area contributed by atoms with Gasteiger partial charge in [-0.25, -0.2) is 14.6 Å². The van der Waals surface area contributed by atoms with Gasteiger partial charge in [-0.15, -0.1) is 0 Å². The number of nitrogens with one attached hydrogen (secondary N) is 1. The second kappa shape index (κ2) is 11.9. The lowest BCUT2D eigenvalue weighted by Crippen LogP contribution is -2.44. The van der Waals surface area contributed by atoms with Crippen molar-refractivity contribution in [1.82, 2.24) is 14.9 Å². The molecule has 0 aliphatic carbocycles. The Bertz CT molecular complexity index is 1880. The van der Waals surface area contributed by atoms with Crippen LogP contribution in [0.5, 0.6) is 11.5 Å². The molecule has 2 aromatic heterocycles. The summed E-state index contributed by atoms with van der Waals surface area (Å²) in [6, 6.07) is 2.60. The van der Waals surface area contributed by atoms with Crippen molar-refractivity contribution in [3.63, 3.8) is 0 Å². The number of ether oxygens (including phenoxy) is 3. The van der Waals surface area contributed by atoms with Gasteiger partial charge < -0.3 is 45.1 Å². The van der Waals surface area contributed by atoms with Crippen molar-refractivity contribution in [2.75, 3.05) is 12.5 Å². The van der Waals surface area contributed by atoms with Gasteiger partial charge in [0.05, 0.1) is 29.0 Å². The van der Waals surface area contributed by atoms with Crippen molar-refractivity contribution in [3.8, 4) is 22.9 Å². The van der Waals surface area contributed by atoms with Crippen molar-refractivity contribution in [1.29, 1.82) is 0 Å². The Hall–Kier alpha value is -4.67. The Balaban J connectivity index is 1.34. The number of rotatable bonds is 11. The molecule has 1 amide bonds. The number of hydrogen-bond donors (Lipinski definition) is 5. The highest BCUT2D eigenvalue weighted by atomic mass is 32.2. The Labute approximate surface area is 264 Å². The van der Waals surface area contributed by atoms with Gasteiger partial charge in [0.25, 0.3) is 5.56 Å². The summed E-state index contributed by atoms with van der Waals surface area (Å²) in [4.78, 5) is 66.4. The van der Waals surface area contributed by atoms with Crippen LogP contribution in [0.3, 0.4) is 0 Å². The summed E-state index contributed by atoms with van der Waals surface area (Å²) < 4.78 is 17.8. The molecular formula is C30H30N4O11S. The van der Waals surface area contributed by atoms with E-state index in [1.165, 1.54) is 16.3 Å². The van der Waals surface area contributed by atoms with E-state index in [2.05, 4.69) is 5.32 Å². The van der Waals surface area contributed by atoms with Gasteiger partial charge in [-0.1, -0.05) is 6.92 Å². The molecule has 3 aromatic rings. The minimum absolute atomic E-state index is 0.00125. The Morgan fingerprint density at radius 2 is 1.85 bits per heavy atom. The third-order valence-corrected chi connectivity index (χ3v) is 9.53. The SMILES string of the molecule is CC[C@@]1(O)C(=O)OCc2c1cc1n(c2=O)Cc2c-1nc1cc3c(cc1c2CSCC(NC(=O)CCC(N)C(=O)O)C(=O)O)OCO3. The van der Waals surface area contributed by atoms with E-state index in [9.17, 15) is 34.2 Å². The third kappa shape index (κ3) is 5.31. The van der Waals surface area contributed by atoms with Gasteiger partial charge in [0.1, 0.15) is 18.7 Å². The fraction of sp³-hybridized carbons (Fsp3) is 0.400. The average molecular weight is 655 g/mol. The molecule has 0 spiro atoms. The van der Waals surface area contributed by atoms with Gasteiger partial charge in [0, 0.05) is 40.5 Å². The number of thioether (sulfide) groups is 1. The summed E-state index contributed by atoms with van der Waals surface area (Å²) >= 11 is 1.23. The molecule has 15 nitrogen and oxygen atoms in total. The fourth-order valence-electron chi connectivity index (χ4n) is 5.85. The first-order chi connectivity index (χ1) is 21.9. The zero-order valence-electron chi connectivity index (χ0n) is 24.5. The van der Waals surface area contributed by atoms with Gasteiger partial charge in [-0.3, -0.25) is 14.4 Å². The van der Waals surface area contributed by atoms with E-state index in [0.717, 1.165) is 5.56 Å². The summed E-state index contributed by atoms with van der Waals surface area (Å²) in [5.74, 6) is -2.77. The Kier molecular flexibility index (Phi) is 8.12. The number of fused-ring (bicyclic) bond motifs is 6. The standard InChI is InChI=1S/C30H30N4O11S/c1-2-30(42)17-6-21-25-14(8-34(21)26(36)15(17)9-43-29(30)41)16(13-5-22-23(45-12-44-22)7-19(13)33-25)10-46-11-20(28(39)40)32-24(35)4-3-18(31)27(37)38/h5-7,18,20,42H,2-4,8-12,31H2,1H3,(H,32,35)(H,37,38)(H,39,40)/t18?,20?,30-/m0/s1. The molecule has 6 N–H and O–H groups in total. The highest BCUT2D eigenvalue weighted by Gasteiger charge is 2.45. The molecule has 5 heterocycles. The predicted molar refractivity (Wildman–Crippen MR) is 161 cm³/mol. The maximum absolute atomic E-state index is 13.7. The van der Waals surface area contributed by atoms with E-state index >= 15 is 0 Å². The van der Waals surface area contributed by atoms with E-state index in [-0.39, 0.29) is 61.8 Å². The van der Waals surface area contributed by atoms with E-state index in [1.807, 2.05) is 0 Å². The molecule has 3 atom stereocenters. The normalized spacial score (nSPS) is 18.7. The molecule has 242 valence electrons. The molecule has 0 saturated heterocycles. The summed E-state index contributed by atoms with van der Waals surface area (Å²) in [6.45, 7) is 1.51. The first-order valence-corrected chi connectivity index (χ1v) is 15.6. The van der Waals surface area contributed by atoms with Crippen molar-refractivity contribution >= 4 is 46.5 Å². The zero-order chi connectivity index (χ0) is 32.9. The Morgan fingerprint density at radius 3 is 2.54 bits per heavy atom. The van der Waals surface area contributed by atoms with Crippen LogP contribution in [0.4, 0.5) is 0 Å². The number of aliphatic carboxylic acids is 2. The van der Waals surface area contributed by atoms with Gasteiger partial charge >= 0.3 is 17.9 Å². The minimum Gasteiger partial charge on any atom is -0.480 e. The number of carboxylic acids is 2. The molecule has 1 aromatic carbocycles. The minimum atomic E-state index is -1.98. The lowest BCUT2D eigenvalue weighted by molar-refractivity contribution is -0.172. The number of amides is 1. The predicted octanol–water partition coefficient (Wildman–Crippen LogP) is 0.803. The van der Waals surface area contributed by atoms with Crippen molar-refractivity contribution in [3.05, 3.63) is 50.8 Å². The molecule has 6 rings (SSSR count). The molecule has 3 aliphatic heterocycles. The van der Waals surface area contributed by atoms with Crippen LogP contribution < -0.4 is 26.1 Å². The number of pyridine rings is 2. The number of aliphatic hydroxyl groups is 1. The van der Waals surface area contributed by atoms with Crippen LogP contribution in [0.15, 0.2) is 23.0 Å². The lowest BCUT2D eigenvalue weighted by atomic mass is 9.86.